The van der Waals surface area contributed by atoms with Crippen LogP contribution in [-0.2, 0) is 9.47 Å². The molecule has 2 heterocycles. The highest BCUT2D eigenvalue weighted by Crippen LogP contribution is 2.22. The van der Waals surface area contributed by atoms with Crippen LogP contribution in [0.15, 0.2) is 4.99 Å². The van der Waals surface area contributed by atoms with Crippen molar-refractivity contribution in [1.29, 1.82) is 0 Å². The lowest BCUT2D eigenvalue weighted by atomic mass is 10.1. The van der Waals surface area contributed by atoms with E-state index < -0.39 is 0 Å². The first-order valence-corrected chi connectivity index (χ1v) is 11.2. The fourth-order valence-electron chi connectivity index (χ4n) is 4.62. The Morgan fingerprint density at radius 2 is 1.85 bits per heavy atom. The number of ether oxygens (including phenoxy) is 2. The van der Waals surface area contributed by atoms with Crippen molar-refractivity contribution in [3.05, 3.63) is 0 Å². The highest BCUT2D eigenvalue weighted by molar-refractivity contribution is 5.79. The van der Waals surface area contributed by atoms with Crippen LogP contribution < -0.4 is 5.32 Å². The van der Waals surface area contributed by atoms with E-state index >= 15 is 0 Å². The van der Waals surface area contributed by atoms with E-state index in [-0.39, 0.29) is 0 Å². The zero-order chi connectivity index (χ0) is 18.9. The van der Waals surface area contributed by atoms with Crippen LogP contribution in [0.25, 0.3) is 0 Å². The SMILES string of the molecule is CN=C(NCCN(C)C1CCCC1)N1CCC(OCC2CCCCO2)CC1. The average molecular weight is 381 g/mol. The third kappa shape index (κ3) is 6.61. The second-order valence-corrected chi connectivity index (χ2v) is 8.40. The number of nitrogens with one attached hydrogen (secondary N) is 1. The Hall–Kier alpha value is -0.850. The van der Waals surface area contributed by atoms with E-state index in [0.717, 1.165) is 70.7 Å². The summed E-state index contributed by atoms with van der Waals surface area (Å²) in [5.41, 5.74) is 0. The number of rotatable bonds is 7. The number of hydrogen-bond donors (Lipinski definition) is 1. The maximum atomic E-state index is 6.14. The standard InChI is InChI=1S/C21H40N4O2/c1-22-21(23-12-15-24(2)18-7-3-4-8-18)25-13-10-19(11-14-25)27-17-20-9-5-6-16-26-20/h18-20H,3-17H2,1-2H3,(H,22,23). The molecule has 3 aliphatic rings. The van der Waals surface area contributed by atoms with Crippen molar-refractivity contribution in [1.82, 2.24) is 15.1 Å². The molecule has 2 saturated heterocycles. The number of likely N-dealkylation sites (tertiary alicyclic amines) is 1. The van der Waals surface area contributed by atoms with Gasteiger partial charge in [-0.05, 0) is 52.0 Å². The predicted octanol–water partition coefficient (Wildman–Crippen LogP) is 2.49. The summed E-state index contributed by atoms with van der Waals surface area (Å²) >= 11 is 0. The fourth-order valence-corrected chi connectivity index (χ4v) is 4.62. The van der Waals surface area contributed by atoms with Crippen molar-refractivity contribution in [2.45, 2.75) is 76.0 Å². The van der Waals surface area contributed by atoms with Crippen LogP contribution in [0.2, 0.25) is 0 Å². The van der Waals surface area contributed by atoms with E-state index in [0.29, 0.717) is 12.2 Å². The monoisotopic (exact) mass is 380 g/mol. The minimum absolute atomic E-state index is 0.322. The Morgan fingerprint density at radius 1 is 1.11 bits per heavy atom. The highest BCUT2D eigenvalue weighted by atomic mass is 16.5. The number of nitrogens with zero attached hydrogens (tertiary/aromatic N) is 3. The van der Waals surface area contributed by atoms with Gasteiger partial charge >= 0.3 is 0 Å². The van der Waals surface area contributed by atoms with Gasteiger partial charge in [-0.15, -0.1) is 0 Å². The van der Waals surface area contributed by atoms with Crippen molar-refractivity contribution >= 4 is 5.96 Å². The summed E-state index contributed by atoms with van der Waals surface area (Å²) in [6.45, 7) is 5.78. The highest BCUT2D eigenvalue weighted by Gasteiger charge is 2.24. The number of piperidine rings is 1. The Labute approximate surface area is 165 Å². The fraction of sp³-hybridized carbons (Fsp3) is 0.952. The molecular formula is C21H40N4O2. The van der Waals surface area contributed by atoms with E-state index in [2.05, 4.69) is 27.2 Å². The molecule has 6 heteroatoms. The summed E-state index contributed by atoms with van der Waals surface area (Å²) in [6.07, 6.45) is 12.0. The summed E-state index contributed by atoms with van der Waals surface area (Å²) in [4.78, 5) is 9.40. The van der Waals surface area contributed by atoms with Gasteiger partial charge in [0.1, 0.15) is 0 Å². The van der Waals surface area contributed by atoms with E-state index in [1.807, 2.05) is 7.05 Å². The Morgan fingerprint density at radius 3 is 2.52 bits per heavy atom. The minimum atomic E-state index is 0.322. The van der Waals surface area contributed by atoms with E-state index in [1.165, 1.54) is 38.5 Å². The Bertz CT molecular complexity index is 439. The summed E-state index contributed by atoms with van der Waals surface area (Å²) < 4.78 is 11.9. The second kappa shape index (κ2) is 11.2. The molecule has 1 unspecified atom stereocenters. The lowest BCUT2D eigenvalue weighted by molar-refractivity contribution is -0.0721. The lowest BCUT2D eigenvalue weighted by Gasteiger charge is -2.35. The van der Waals surface area contributed by atoms with Crippen LogP contribution in [-0.4, -0.2) is 87.5 Å². The van der Waals surface area contributed by atoms with Gasteiger partial charge in [0.05, 0.1) is 18.8 Å². The van der Waals surface area contributed by atoms with Crippen LogP contribution in [0.3, 0.4) is 0 Å². The maximum absolute atomic E-state index is 6.14. The minimum Gasteiger partial charge on any atom is -0.376 e. The zero-order valence-electron chi connectivity index (χ0n) is 17.5. The maximum Gasteiger partial charge on any atom is 0.193 e. The third-order valence-corrected chi connectivity index (χ3v) is 6.44. The molecule has 0 aromatic heterocycles. The Balaban J connectivity index is 1.30. The van der Waals surface area contributed by atoms with Crippen molar-refractivity contribution in [3.8, 4) is 0 Å². The molecule has 1 N–H and O–H groups in total. The molecule has 1 atom stereocenters. The summed E-state index contributed by atoms with van der Waals surface area (Å²) in [5.74, 6) is 1.05. The molecule has 3 fully saturated rings. The molecule has 1 aliphatic carbocycles. The van der Waals surface area contributed by atoms with Crippen molar-refractivity contribution in [3.63, 3.8) is 0 Å². The summed E-state index contributed by atoms with van der Waals surface area (Å²) in [5, 5.41) is 3.57. The van der Waals surface area contributed by atoms with Crippen LogP contribution in [0, 0.1) is 0 Å². The molecule has 0 amide bonds. The van der Waals surface area contributed by atoms with Gasteiger partial charge in [0.25, 0.3) is 0 Å². The van der Waals surface area contributed by atoms with E-state index in [1.54, 1.807) is 0 Å². The topological polar surface area (TPSA) is 49.3 Å². The first kappa shape index (κ1) is 20.9. The number of likely N-dealkylation sites (N-methyl/N-ethyl adjacent to an activating group) is 1. The molecule has 0 radical (unpaired) electrons. The van der Waals surface area contributed by atoms with Gasteiger partial charge in [-0.1, -0.05) is 12.8 Å². The van der Waals surface area contributed by atoms with Gasteiger partial charge in [-0.3, -0.25) is 4.99 Å². The number of hydrogen-bond acceptors (Lipinski definition) is 4. The van der Waals surface area contributed by atoms with Gasteiger partial charge in [0.2, 0.25) is 0 Å². The predicted molar refractivity (Wildman–Crippen MR) is 110 cm³/mol. The molecule has 3 rings (SSSR count). The molecule has 0 bridgehead atoms. The zero-order valence-corrected chi connectivity index (χ0v) is 17.5. The van der Waals surface area contributed by atoms with Gasteiger partial charge in [0, 0.05) is 45.9 Å². The van der Waals surface area contributed by atoms with Crippen LogP contribution >= 0.6 is 0 Å². The smallest absolute Gasteiger partial charge is 0.193 e. The van der Waals surface area contributed by atoms with Gasteiger partial charge in [-0.2, -0.15) is 0 Å². The van der Waals surface area contributed by atoms with Gasteiger partial charge in [0.15, 0.2) is 5.96 Å². The number of aliphatic imine (C=N–C) groups is 1. The third-order valence-electron chi connectivity index (χ3n) is 6.44. The molecule has 6 nitrogen and oxygen atoms in total. The summed E-state index contributed by atoms with van der Waals surface area (Å²) in [7, 11) is 4.16. The molecule has 0 aromatic rings. The first-order chi connectivity index (χ1) is 13.3. The molecule has 156 valence electrons. The van der Waals surface area contributed by atoms with Crippen molar-refractivity contribution < 1.29 is 9.47 Å². The van der Waals surface area contributed by atoms with Crippen LogP contribution in [0.5, 0.6) is 0 Å². The molecule has 2 aliphatic heterocycles. The number of guanidine groups is 1. The van der Waals surface area contributed by atoms with Crippen LogP contribution in [0.4, 0.5) is 0 Å². The summed E-state index contributed by atoms with van der Waals surface area (Å²) in [6, 6.07) is 0.787. The molecule has 0 spiro atoms. The quantitative estimate of drug-likeness (QED) is 0.543. The first-order valence-electron chi connectivity index (χ1n) is 11.2. The average Bonchev–Trinajstić information content (AvgIpc) is 3.26. The van der Waals surface area contributed by atoms with Crippen LogP contribution in [0.1, 0.15) is 57.8 Å². The lowest BCUT2D eigenvalue weighted by Crippen LogP contribution is -2.49. The van der Waals surface area contributed by atoms with Crippen molar-refractivity contribution in [2.24, 2.45) is 4.99 Å². The van der Waals surface area contributed by atoms with E-state index in [9.17, 15) is 0 Å². The molecular weight excluding hydrogens is 340 g/mol. The molecule has 27 heavy (non-hydrogen) atoms. The van der Waals surface area contributed by atoms with Crippen molar-refractivity contribution in [2.75, 3.05) is 53.5 Å². The molecule has 1 saturated carbocycles. The van der Waals surface area contributed by atoms with E-state index in [4.69, 9.17) is 9.47 Å². The normalized spacial score (nSPS) is 26.1. The Kier molecular flexibility index (Phi) is 8.68. The second-order valence-electron chi connectivity index (χ2n) is 8.40. The molecule has 0 aromatic carbocycles. The largest absolute Gasteiger partial charge is 0.376 e. The van der Waals surface area contributed by atoms with Gasteiger partial charge in [-0.25, -0.2) is 0 Å². The van der Waals surface area contributed by atoms with Gasteiger partial charge < -0.3 is 24.6 Å².